The van der Waals surface area contributed by atoms with Gasteiger partial charge in [-0.1, -0.05) is 0 Å². The molecule has 1 aromatic rings. The van der Waals surface area contributed by atoms with E-state index in [4.69, 9.17) is 4.74 Å². The molecule has 6 nitrogen and oxygen atoms in total. The third-order valence-electron chi connectivity index (χ3n) is 4.70. The van der Waals surface area contributed by atoms with Crippen LogP contribution in [0.25, 0.3) is 0 Å². The van der Waals surface area contributed by atoms with E-state index < -0.39 is 0 Å². The molecule has 0 radical (unpaired) electrons. The smallest absolute Gasteiger partial charge is 0.256 e. The number of carbonyl (C=O) groups is 2. The molecule has 2 saturated heterocycles. The summed E-state index contributed by atoms with van der Waals surface area (Å²) in [4.78, 5) is 31.9. The Labute approximate surface area is 136 Å². The van der Waals surface area contributed by atoms with E-state index >= 15 is 0 Å². The second-order valence-corrected chi connectivity index (χ2v) is 6.42. The van der Waals surface area contributed by atoms with Crippen molar-refractivity contribution in [2.24, 2.45) is 0 Å². The number of likely N-dealkylation sites (tertiary alicyclic amines) is 1. The highest BCUT2D eigenvalue weighted by molar-refractivity contribution is 5.97. The minimum absolute atomic E-state index is 0.0436. The van der Waals surface area contributed by atoms with Gasteiger partial charge in [-0.3, -0.25) is 9.59 Å². The summed E-state index contributed by atoms with van der Waals surface area (Å²) < 4.78 is 5.66. The van der Waals surface area contributed by atoms with Crippen molar-refractivity contribution in [1.82, 2.24) is 14.8 Å². The van der Waals surface area contributed by atoms with Gasteiger partial charge in [-0.25, -0.2) is 0 Å². The first-order chi connectivity index (χ1) is 11.1. The van der Waals surface area contributed by atoms with E-state index in [-0.39, 0.29) is 24.5 Å². The van der Waals surface area contributed by atoms with Crippen LogP contribution in [0.3, 0.4) is 0 Å². The number of rotatable bonds is 5. The molecular weight excluding hydrogens is 294 g/mol. The molecule has 1 atom stereocenters. The van der Waals surface area contributed by atoms with Crippen molar-refractivity contribution >= 4 is 11.8 Å². The van der Waals surface area contributed by atoms with Crippen LogP contribution in [0.1, 0.15) is 41.7 Å². The quantitative estimate of drug-likeness (QED) is 0.896. The van der Waals surface area contributed by atoms with E-state index in [2.05, 4.69) is 4.98 Å². The molecule has 0 unspecified atom stereocenters. The first kappa shape index (κ1) is 16.1. The van der Waals surface area contributed by atoms with E-state index in [1.54, 1.807) is 17.2 Å². The summed E-state index contributed by atoms with van der Waals surface area (Å²) in [6.07, 6.45) is 5.90. The van der Waals surface area contributed by atoms with Gasteiger partial charge in [-0.05, 0) is 38.7 Å². The molecule has 0 spiro atoms. The van der Waals surface area contributed by atoms with Crippen molar-refractivity contribution in [2.45, 2.75) is 38.7 Å². The van der Waals surface area contributed by atoms with Crippen LogP contribution in [0, 0.1) is 6.92 Å². The summed E-state index contributed by atoms with van der Waals surface area (Å²) in [7, 11) is 0. The van der Waals surface area contributed by atoms with Crippen LogP contribution in [0.5, 0.6) is 0 Å². The molecule has 3 rings (SSSR count). The van der Waals surface area contributed by atoms with Crippen molar-refractivity contribution < 1.29 is 14.3 Å². The third kappa shape index (κ3) is 3.75. The van der Waals surface area contributed by atoms with Crippen LogP contribution >= 0.6 is 0 Å². The predicted octanol–water partition coefficient (Wildman–Crippen LogP) is 1.57. The van der Waals surface area contributed by atoms with E-state index in [0.29, 0.717) is 12.1 Å². The molecule has 1 aromatic heterocycles. The Kier molecular flexibility index (Phi) is 5.00. The van der Waals surface area contributed by atoms with Crippen LogP contribution in [-0.4, -0.2) is 65.5 Å². The van der Waals surface area contributed by atoms with Gasteiger partial charge in [-0.15, -0.1) is 0 Å². The number of amides is 2. The molecule has 0 aromatic carbocycles. The fourth-order valence-electron chi connectivity index (χ4n) is 3.34. The fourth-order valence-corrected chi connectivity index (χ4v) is 3.34. The summed E-state index contributed by atoms with van der Waals surface area (Å²) in [6.45, 7) is 4.87. The standard InChI is InChI=1S/C17H25N3O3/c1-13-15(6-7-18-13)17(22)20(11-14-5-4-10-23-14)12-16(21)19-8-2-3-9-19/h6-7,14,18H,2-5,8-12H2,1H3/t14-/m0/s1. The van der Waals surface area contributed by atoms with Gasteiger partial charge in [0.1, 0.15) is 6.54 Å². The zero-order valence-corrected chi connectivity index (χ0v) is 13.7. The van der Waals surface area contributed by atoms with Gasteiger partial charge in [0.05, 0.1) is 11.7 Å². The number of carbonyl (C=O) groups excluding carboxylic acids is 2. The maximum atomic E-state index is 12.8. The molecule has 126 valence electrons. The maximum Gasteiger partial charge on any atom is 0.256 e. The molecule has 3 heterocycles. The maximum absolute atomic E-state index is 12.8. The summed E-state index contributed by atoms with van der Waals surface area (Å²) in [5, 5.41) is 0. The number of aromatic amines is 1. The van der Waals surface area contributed by atoms with Gasteiger partial charge >= 0.3 is 0 Å². The molecule has 0 bridgehead atoms. The molecule has 2 fully saturated rings. The highest BCUT2D eigenvalue weighted by atomic mass is 16.5. The zero-order valence-electron chi connectivity index (χ0n) is 13.7. The number of hydrogen-bond acceptors (Lipinski definition) is 3. The number of aryl methyl sites for hydroxylation is 1. The van der Waals surface area contributed by atoms with Crippen LogP contribution in [-0.2, 0) is 9.53 Å². The van der Waals surface area contributed by atoms with Crippen molar-refractivity contribution in [2.75, 3.05) is 32.8 Å². The Hall–Kier alpha value is -1.82. The number of ether oxygens (including phenoxy) is 1. The molecule has 23 heavy (non-hydrogen) atoms. The average Bonchev–Trinajstić information content (AvgIpc) is 3.28. The second-order valence-electron chi connectivity index (χ2n) is 6.42. The lowest BCUT2D eigenvalue weighted by Gasteiger charge is -2.27. The van der Waals surface area contributed by atoms with Crippen molar-refractivity contribution in [3.63, 3.8) is 0 Å². The Morgan fingerprint density at radius 2 is 2.13 bits per heavy atom. The summed E-state index contributed by atoms with van der Waals surface area (Å²) in [5.74, 6) is -0.0474. The molecule has 1 N–H and O–H groups in total. The molecule has 6 heteroatoms. The number of hydrogen-bond donors (Lipinski definition) is 1. The zero-order chi connectivity index (χ0) is 16.2. The molecule has 2 aliphatic heterocycles. The monoisotopic (exact) mass is 319 g/mol. The lowest BCUT2D eigenvalue weighted by Crippen LogP contribution is -2.45. The Balaban J connectivity index is 1.71. The van der Waals surface area contributed by atoms with Crippen LogP contribution in [0.4, 0.5) is 0 Å². The highest BCUT2D eigenvalue weighted by Crippen LogP contribution is 2.17. The molecule has 2 amide bonds. The molecule has 0 aliphatic carbocycles. The SMILES string of the molecule is Cc1[nH]ccc1C(=O)N(CC(=O)N1CCCC1)C[C@@H]1CCCO1. The van der Waals surface area contributed by atoms with Crippen LogP contribution < -0.4 is 0 Å². The molecule has 2 aliphatic rings. The predicted molar refractivity (Wildman–Crippen MR) is 86.2 cm³/mol. The lowest BCUT2D eigenvalue weighted by atomic mass is 10.2. The molecular formula is C17H25N3O3. The number of aromatic nitrogens is 1. The van der Waals surface area contributed by atoms with E-state index in [9.17, 15) is 9.59 Å². The van der Waals surface area contributed by atoms with Gasteiger partial charge in [0, 0.05) is 38.1 Å². The second kappa shape index (κ2) is 7.17. The van der Waals surface area contributed by atoms with Gasteiger partial charge in [0.2, 0.25) is 5.91 Å². The average molecular weight is 319 g/mol. The lowest BCUT2D eigenvalue weighted by molar-refractivity contribution is -0.131. The van der Waals surface area contributed by atoms with Crippen molar-refractivity contribution in [3.8, 4) is 0 Å². The van der Waals surface area contributed by atoms with Gasteiger partial charge < -0.3 is 19.5 Å². The summed E-state index contributed by atoms with van der Waals surface area (Å²) in [5.41, 5.74) is 1.47. The minimum Gasteiger partial charge on any atom is -0.376 e. The Bertz CT molecular complexity index is 557. The first-order valence-electron chi connectivity index (χ1n) is 8.48. The van der Waals surface area contributed by atoms with E-state index in [1.807, 2.05) is 11.8 Å². The minimum atomic E-state index is -0.0909. The fraction of sp³-hybridized carbons (Fsp3) is 0.647. The van der Waals surface area contributed by atoms with Crippen molar-refractivity contribution in [3.05, 3.63) is 23.5 Å². The van der Waals surface area contributed by atoms with Crippen LogP contribution in [0.15, 0.2) is 12.3 Å². The van der Waals surface area contributed by atoms with Gasteiger partial charge in [0.15, 0.2) is 0 Å². The number of nitrogens with one attached hydrogen (secondary N) is 1. The van der Waals surface area contributed by atoms with Crippen molar-refractivity contribution in [1.29, 1.82) is 0 Å². The van der Waals surface area contributed by atoms with Crippen LogP contribution in [0.2, 0.25) is 0 Å². The van der Waals surface area contributed by atoms with Gasteiger partial charge in [0.25, 0.3) is 5.91 Å². The van der Waals surface area contributed by atoms with E-state index in [0.717, 1.165) is 51.1 Å². The normalized spacial score (nSPS) is 20.9. The highest BCUT2D eigenvalue weighted by Gasteiger charge is 2.28. The van der Waals surface area contributed by atoms with E-state index in [1.165, 1.54) is 0 Å². The largest absolute Gasteiger partial charge is 0.376 e. The number of nitrogens with zero attached hydrogens (tertiary/aromatic N) is 2. The number of H-pyrrole nitrogens is 1. The Morgan fingerprint density at radius 1 is 1.35 bits per heavy atom. The van der Waals surface area contributed by atoms with Gasteiger partial charge in [-0.2, -0.15) is 0 Å². The first-order valence-corrected chi connectivity index (χ1v) is 8.48. The Morgan fingerprint density at radius 3 is 2.74 bits per heavy atom. The summed E-state index contributed by atoms with van der Waals surface area (Å²) >= 11 is 0. The summed E-state index contributed by atoms with van der Waals surface area (Å²) in [6, 6.07) is 1.78. The molecule has 0 saturated carbocycles. The third-order valence-corrected chi connectivity index (χ3v) is 4.70. The topological polar surface area (TPSA) is 65.6 Å².